The number of carbonyl (C=O) groups excluding carboxylic acids is 1. The van der Waals surface area contributed by atoms with E-state index in [0.29, 0.717) is 5.56 Å². The molecule has 6 heteroatoms. The molecule has 2 aromatic carbocycles. The SMILES string of the molecule is O=C(NCCOc1ccc(F)c(F)c1)c1ccc(F)cc1. The predicted octanol–water partition coefficient (Wildman–Crippen LogP) is 2.91. The van der Waals surface area contributed by atoms with Crippen molar-refractivity contribution >= 4 is 5.91 Å². The van der Waals surface area contributed by atoms with Gasteiger partial charge in [-0.1, -0.05) is 0 Å². The molecule has 1 N–H and O–H groups in total. The fourth-order valence-electron chi connectivity index (χ4n) is 1.60. The van der Waals surface area contributed by atoms with E-state index >= 15 is 0 Å². The summed E-state index contributed by atoms with van der Waals surface area (Å²) in [5, 5.41) is 2.56. The van der Waals surface area contributed by atoms with E-state index in [4.69, 9.17) is 4.74 Å². The molecule has 0 atom stereocenters. The van der Waals surface area contributed by atoms with E-state index in [2.05, 4.69) is 5.32 Å². The maximum atomic E-state index is 12.9. The van der Waals surface area contributed by atoms with Gasteiger partial charge < -0.3 is 10.1 Å². The number of halogens is 3. The maximum absolute atomic E-state index is 12.9. The molecular weight excluding hydrogens is 283 g/mol. The van der Waals surface area contributed by atoms with Gasteiger partial charge in [-0.2, -0.15) is 0 Å². The van der Waals surface area contributed by atoms with E-state index < -0.39 is 17.5 Å². The summed E-state index contributed by atoms with van der Waals surface area (Å²) in [5.74, 6) is -2.57. The van der Waals surface area contributed by atoms with E-state index in [0.717, 1.165) is 12.1 Å². The molecule has 0 fully saturated rings. The normalized spacial score (nSPS) is 10.2. The summed E-state index contributed by atoms with van der Waals surface area (Å²) in [7, 11) is 0. The molecule has 0 unspecified atom stereocenters. The summed E-state index contributed by atoms with van der Waals surface area (Å²) in [6, 6.07) is 8.28. The Kier molecular flexibility index (Phi) is 4.81. The lowest BCUT2D eigenvalue weighted by Crippen LogP contribution is -2.28. The summed E-state index contributed by atoms with van der Waals surface area (Å²) in [4.78, 5) is 11.7. The van der Waals surface area contributed by atoms with Gasteiger partial charge in [-0.3, -0.25) is 4.79 Å². The van der Waals surface area contributed by atoms with Gasteiger partial charge in [-0.05, 0) is 36.4 Å². The van der Waals surface area contributed by atoms with Crippen molar-refractivity contribution in [1.29, 1.82) is 0 Å². The average Bonchev–Trinajstić information content (AvgIpc) is 2.47. The molecule has 0 spiro atoms. The topological polar surface area (TPSA) is 38.3 Å². The van der Waals surface area contributed by atoms with Gasteiger partial charge in [-0.25, -0.2) is 13.2 Å². The largest absolute Gasteiger partial charge is 0.492 e. The highest BCUT2D eigenvalue weighted by molar-refractivity contribution is 5.94. The van der Waals surface area contributed by atoms with E-state index in [1.807, 2.05) is 0 Å². The highest BCUT2D eigenvalue weighted by Crippen LogP contribution is 2.15. The predicted molar refractivity (Wildman–Crippen MR) is 70.6 cm³/mol. The molecule has 0 aliphatic carbocycles. The van der Waals surface area contributed by atoms with Gasteiger partial charge >= 0.3 is 0 Å². The molecule has 0 heterocycles. The molecule has 0 radical (unpaired) electrons. The third-order valence-electron chi connectivity index (χ3n) is 2.65. The van der Waals surface area contributed by atoms with Crippen LogP contribution < -0.4 is 10.1 Å². The van der Waals surface area contributed by atoms with Crippen LogP contribution >= 0.6 is 0 Å². The molecular formula is C15H12F3NO2. The summed E-state index contributed by atoms with van der Waals surface area (Å²) in [5.41, 5.74) is 0.323. The first-order valence-electron chi connectivity index (χ1n) is 6.18. The molecule has 2 aromatic rings. The smallest absolute Gasteiger partial charge is 0.251 e. The van der Waals surface area contributed by atoms with Crippen molar-refractivity contribution in [2.45, 2.75) is 0 Å². The number of carbonyl (C=O) groups is 1. The highest BCUT2D eigenvalue weighted by atomic mass is 19.2. The zero-order chi connectivity index (χ0) is 15.2. The summed E-state index contributed by atoms with van der Waals surface area (Å²) >= 11 is 0. The first kappa shape index (κ1) is 14.9. The molecule has 0 saturated heterocycles. The monoisotopic (exact) mass is 295 g/mol. The van der Waals surface area contributed by atoms with Crippen LogP contribution in [-0.4, -0.2) is 19.1 Å². The van der Waals surface area contributed by atoms with Crippen LogP contribution in [0.25, 0.3) is 0 Å². The van der Waals surface area contributed by atoms with Crippen molar-refractivity contribution in [3.63, 3.8) is 0 Å². The van der Waals surface area contributed by atoms with Crippen molar-refractivity contribution in [2.24, 2.45) is 0 Å². The minimum atomic E-state index is -0.997. The van der Waals surface area contributed by atoms with Gasteiger partial charge in [0.15, 0.2) is 11.6 Å². The first-order chi connectivity index (χ1) is 10.1. The average molecular weight is 295 g/mol. The number of ether oxygens (including phenoxy) is 1. The Balaban J connectivity index is 1.77. The van der Waals surface area contributed by atoms with Crippen LogP contribution in [0.4, 0.5) is 13.2 Å². The fourth-order valence-corrected chi connectivity index (χ4v) is 1.60. The van der Waals surface area contributed by atoms with Crippen molar-refractivity contribution in [3.8, 4) is 5.75 Å². The first-order valence-corrected chi connectivity index (χ1v) is 6.18. The molecule has 0 aliphatic heterocycles. The third kappa shape index (κ3) is 4.24. The Morgan fingerprint density at radius 2 is 1.71 bits per heavy atom. The quantitative estimate of drug-likeness (QED) is 0.861. The molecule has 2 rings (SSSR count). The second-order valence-electron chi connectivity index (χ2n) is 4.19. The van der Waals surface area contributed by atoms with Gasteiger partial charge in [0.25, 0.3) is 5.91 Å². The molecule has 0 saturated carbocycles. The lowest BCUT2D eigenvalue weighted by Gasteiger charge is -2.08. The van der Waals surface area contributed by atoms with Crippen LogP contribution in [0.2, 0.25) is 0 Å². The number of nitrogens with one attached hydrogen (secondary N) is 1. The van der Waals surface area contributed by atoms with E-state index in [9.17, 15) is 18.0 Å². The molecule has 0 bridgehead atoms. The molecule has 1 amide bonds. The van der Waals surface area contributed by atoms with Crippen LogP contribution in [0.3, 0.4) is 0 Å². The van der Waals surface area contributed by atoms with Crippen molar-refractivity contribution in [3.05, 3.63) is 65.5 Å². The lowest BCUT2D eigenvalue weighted by molar-refractivity contribution is 0.0947. The van der Waals surface area contributed by atoms with Gasteiger partial charge in [0.1, 0.15) is 18.2 Å². The van der Waals surface area contributed by atoms with Gasteiger partial charge in [0.2, 0.25) is 0 Å². The summed E-state index contributed by atoms with van der Waals surface area (Å²) in [6.45, 7) is 0.271. The summed E-state index contributed by atoms with van der Waals surface area (Å²) in [6.07, 6.45) is 0. The second-order valence-corrected chi connectivity index (χ2v) is 4.19. The number of amides is 1. The van der Waals surface area contributed by atoms with Crippen LogP contribution in [0.15, 0.2) is 42.5 Å². The van der Waals surface area contributed by atoms with Crippen molar-refractivity contribution in [2.75, 3.05) is 13.2 Å². The Bertz CT molecular complexity index is 629. The van der Waals surface area contributed by atoms with Gasteiger partial charge in [0.05, 0.1) is 6.54 Å². The maximum Gasteiger partial charge on any atom is 0.251 e. The molecule has 0 aliphatic rings. The lowest BCUT2D eigenvalue weighted by atomic mass is 10.2. The van der Waals surface area contributed by atoms with Crippen molar-refractivity contribution < 1.29 is 22.7 Å². The number of hydrogen-bond acceptors (Lipinski definition) is 2. The van der Waals surface area contributed by atoms with Crippen molar-refractivity contribution in [1.82, 2.24) is 5.32 Å². The Morgan fingerprint density at radius 3 is 2.38 bits per heavy atom. The zero-order valence-electron chi connectivity index (χ0n) is 10.9. The summed E-state index contributed by atoms with van der Waals surface area (Å²) < 4.78 is 43.5. The van der Waals surface area contributed by atoms with Crippen LogP contribution in [0.5, 0.6) is 5.75 Å². The highest BCUT2D eigenvalue weighted by Gasteiger charge is 2.06. The van der Waals surface area contributed by atoms with E-state index in [1.165, 1.54) is 30.3 Å². The minimum absolute atomic E-state index is 0.0952. The minimum Gasteiger partial charge on any atom is -0.492 e. The Labute approximate surface area is 119 Å². The van der Waals surface area contributed by atoms with E-state index in [-0.39, 0.29) is 24.8 Å². The van der Waals surface area contributed by atoms with Gasteiger partial charge in [-0.15, -0.1) is 0 Å². The van der Waals surface area contributed by atoms with Crippen LogP contribution in [0.1, 0.15) is 10.4 Å². The number of hydrogen-bond donors (Lipinski definition) is 1. The molecule has 3 nitrogen and oxygen atoms in total. The third-order valence-corrected chi connectivity index (χ3v) is 2.65. The molecule has 0 aromatic heterocycles. The Morgan fingerprint density at radius 1 is 1.00 bits per heavy atom. The van der Waals surface area contributed by atoms with Gasteiger partial charge in [0, 0.05) is 11.6 Å². The second kappa shape index (κ2) is 6.78. The van der Waals surface area contributed by atoms with Crippen LogP contribution in [0, 0.1) is 17.5 Å². The molecule has 110 valence electrons. The Hall–Kier alpha value is -2.50. The zero-order valence-corrected chi connectivity index (χ0v) is 10.9. The standard InChI is InChI=1S/C15H12F3NO2/c16-11-3-1-10(2-4-11)15(20)19-7-8-21-12-5-6-13(17)14(18)9-12/h1-6,9H,7-8H2,(H,19,20). The molecule has 21 heavy (non-hydrogen) atoms. The van der Waals surface area contributed by atoms with Crippen LogP contribution in [-0.2, 0) is 0 Å². The number of rotatable bonds is 5. The fraction of sp³-hybridized carbons (Fsp3) is 0.133. The van der Waals surface area contributed by atoms with E-state index in [1.54, 1.807) is 0 Å². The number of benzene rings is 2.